The summed E-state index contributed by atoms with van der Waals surface area (Å²) in [6, 6.07) is 0. The van der Waals surface area contributed by atoms with Crippen molar-refractivity contribution >= 4 is 0 Å². The zero-order chi connectivity index (χ0) is 9.31. The number of hydrogen-bond donors (Lipinski definition) is 1. The van der Waals surface area contributed by atoms with E-state index in [1.807, 2.05) is 0 Å². The Morgan fingerprint density at radius 3 is 2.69 bits per heavy atom. The first-order valence-corrected chi connectivity index (χ1v) is 5.64. The molecule has 1 N–H and O–H groups in total. The molecule has 0 saturated heterocycles. The standard InChI is InChI=1S/C12H20O/c1-2-12(11-5-6-11)8-7-10(12)4-3-9-13/h4,11,13H,2-3,5-9H2,1H3/b10-4+. The highest BCUT2D eigenvalue weighted by Crippen LogP contribution is 2.62. The van der Waals surface area contributed by atoms with Crippen LogP contribution in [-0.2, 0) is 0 Å². The highest BCUT2D eigenvalue weighted by atomic mass is 16.2. The fraction of sp³-hybridized carbons (Fsp3) is 0.833. The lowest BCUT2D eigenvalue weighted by atomic mass is 9.59. The third-order valence-corrected chi connectivity index (χ3v) is 3.99. The smallest absolute Gasteiger partial charge is 0.0465 e. The Morgan fingerprint density at radius 2 is 2.31 bits per heavy atom. The molecule has 0 aromatic carbocycles. The predicted octanol–water partition coefficient (Wildman–Crippen LogP) is 2.90. The Labute approximate surface area is 80.8 Å². The molecule has 2 aliphatic rings. The molecule has 1 atom stereocenters. The normalized spacial score (nSPS) is 36.3. The Bertz CT molecular complexity index is 211. The van der Waals surface area contributed by atoms with Crippen molar-refractivity contribution in [2.75, 3.05) is 6.61 Å². The van der Waals surface area contributed by atoms with Crippen molar-refractivity contribution in [1.29, 1.82) is 0 Å². The summed E-state index contributed by atoms with van der Waals surface area (Å²) in [5.74, 6) is 0.996. The zero-order valence-electron chi connectivity index (χ0n) is 8.55. The van der Waals surface area contributed by atoms with Gasteiger partial charge in [-0.1, -0.05) is 18.6 Å². The predicted molar refractivity (Wildman–Crippen MR) is 54.5 cm³/mol. The maximum Gasteiger partial charge on any atom is 0.0465 e. The molecule has 0 heterocycles. The van der Waals surface area contributed by atoms with Crippen LogP contribution in [0.25, 0.3) is 0 Å². The molecule has 0 amide bonds. The lowest BCUT2D eigenvalue weighted by molar-refractivity contribution is 0.186. The molecule has 13 heavy (non-hydrogen) atoms. The van der Waals surface area contributed by atoms with E-state index in [-0.39, 0.29) is 0 Å². The second-order valence-corrected chi connectivity index (χ2v) is 4.53. The largest absolute Gasteiger partial charge is 0.396 e. The summed E-state index contributed by atoms with van der Waals surface area (Å²) >= 11 is 0. The van der Waals surface area contributed by atoms with Gasteiger partial charge < -0.3 is 5.11 Å². The molecule has 1 unspecified atom stereocenters. The number of allylic oxidation sites excluding steroid dienone is 1. The van der Waals surface area contributed by atoms with Gasteiger partial charge in [-0.3, -0.25) is 0 Å². The third kappa shape index (κ3) is 1.43. The van der Waals surface area contributed by atoms with Crippen LogP contribution in [0.1, 0.15) is 45.4 Å². The maximum atomic E-state index is 8.79. The SMILES string of the molecule is CCC1(C2CC2)CC/C1=C\CCO. The number of hydrogen-bond acceptors (Lipinski definition) is 1. The molecule has 2 rings (SSSR count). The summed E-state index contributed by atoms with van der Waals surface area (Å²) in [4.78, 5) is 0. The average Bonchev–Trinajstić information content (AvgIpc) is 2.89. The van der Waals surface area contributed by atoms with Crippen LogP contribution < -0.4 is 0 Å². The van der Waals surface area contributed by atoms with Crippen LogP contribution in [0, 0.1) is 11.3 Å². The second-order valence-electron chi connectivity index (χ2n) is 4.53. The molecule has 0 aromatic heterocycles. The van der Waals surface area contributed by atoms with Gasteiger partial charge in [-0.15, -0.1) is 0 Å². The molecule has 2 aliphatic carbocycles. The highest BCUT2D eigenvalue weighted by Gasteiger charge is 2.50. The summed E-state index contributed by atoms with van der Waals surface area (Å²) in [7, 11) is 0. The van der Waals surface area contributed by atoms with Crippen LogP contribution in [0.5, 0.6) is 0 Å². The molecule has 74 valence electrons. The molecule has 2 saturated carbocycles. The van der Waals surface area contributed by atoms with Gasteiger partial charge in [0.05, 0.1) is 0 Å². The van der Waals surface area contributed by atoms with Gasteiger partial charge in [0.25, 0.3) is 0 Å². The molecule has 1 nitrogen and oxygen atoms in total. The van der Waals surface area contributed by atoms with E-state index in [0.717, 1.165) is 12.3 Å². The van der Waals surface area contributed by atoms with Crippen LogP contribution in [0.4, 0.5) is 0 Å². The van der Waals surface area contributed by atoms with E-state index in [0.29, 0.717) is 12.0 Å². The van der Waals surface area contributed by atoms with Crippen molar-refractivity contribution in [1.82, 2.24) is 0 Å². The molecule has 0 spiro atoms. The summed E-state index contributed by atoms with van der Waals surface area (Å²) in [6.45, 7) is 2.64. The van der Waals surface area contributed by atoms with Crippen LogP contribution in [0.15, 0.2) is 11.6 Å². The van der Waals surface area contributed by atoms with Crippen molar-refractivity contribution in [2.24, 2.45) is 11.3 Å². The Hall–Kier alpha value is -0.300. The van der Waals surface area contributed by atoms with E-state index in [1.165, 1.54) is 32.1 Å². The van der Waals surface area contributed by atoms with Crippen LogP contribution in [0.2, 0.25) is 0 Å². The van der Waals surface area contributed by atoms with Gasteiger partial charge >= 0.3 is 0 Å². The van der Waals surface area contributed by atoms with Crippen LogP contribution in [0.3, 0.4) is 0 Å². The molecule has 0 aromatic rings. The van der Waals surface area contributed by atoms with Crippen LogP contribution in [-0.4, -0.2) is 11.7 Å². The van der Waals surface area contributed by atoms with Crippen molar-refractivity contribution in [3.8, 4) is 0 Å². The van der Waals surface area contributed by atoms with Crippen LogP contribution >= 0.6 is 0 Å². The molecule has 1 heteroatoms. The summed E-state index contributed by atoms with van der Waals surface area (Å²) in [5.41, 5.74) is 2.25. The number of aliphatic hydroxyl groups excluding tert-OH is 1. The summed E-state index contributed by atoms with van der Waals surface area (Å²) in [5, 5.41) is 8.79. The van der Waals surface area contributed by atoms with Gasteiger partial charge in [0.2, 0.25) is 0 Å². The van der Waals surface area contributed by atoms with Gasteiger partial charge in [-0.2, -0.15) is 0 Å². The first-order valence-electron chi connectivity index (χ1n) is 5.64. The fourth-order valence-electron chi connectivity index (χ4n) is 2.93. The van der Waals surface area contributed by atoms with Crippen molar-refractivity contribution < 1.29 is 5.11 Å². The lowest BCUT2D eigenvalue weighted by Crippen LogP contribution is -2.34. The van der Waals surface area contributed by atoms with Gasteiger partial charge in [-0.25, -0.2) is 0 Å². The fourth-order valence-corrected chi connectivity index (χ4v) is 2.93. The highest BCUT2D eigenvalue weighted by molar-refractivity contribution is 5.26. The molecular formula is C12H20O. The number of aliphatic hydroxyl groups is 1. The van der Waals surface area contributed by atoms with E-state index in [4.69, 9.17) is 5.11 Å². The molecule has 0 bridgehead atoms. The average molecular weight is 180 g/mol. The summed E-state index contributed by atoms with van der Waals surface area (Å²) < 4.78 is 0. The topological polar surface area (TPSA) is 20.2 Å². The maximum absolute atomic E-state index is 8.79. The molecular weight excluding hydrogens is 160 g/mol. The number of rotatable bonds is 4. The van der Waals surface area contributed by atoms with Gasteiger partial charge in [0, 0.05) is 6.61 Å². The first kappa shape index (κ1) is 9.26. The van der Waals surface area contributed by atoms with E-state index in [9.17, 15) is 0 Å². The van der Waals surface area contributed by atoms with E-state index in [2.05, 4.69) is 13.0 Å². The Balaban J connectivity index is 2.04. The molecule has 0 aliphatic heterocycles. The van der Waals surface area contributed by atoms with Crippen molar-refractivity contribution in [3.05, 3.63) is 11.6 Å². The zero-order valence-corrected chi connectivity index (χ0v) is 8.55. The first-order chi connectivity index (χ1) is 6.33. The molecule has 0 radical (unpaired) electrons. The molecule has 2 fully saturated rings. The quantitative estimate of drug-likeness (QED) is 0.659. The van der Waals surface area contributed by atoms with E-state index >= 15 is 0 Å². The Morgan fingerprint density at radius 1 is 1.54 bits per heavy atom. The third-order valence-electron chi connectivity index (χ3n) is 3.99. The van der Waals surface area contributed by atoms with Gasteiger partial charge in [-0.05, 0) is 49.9 Å². The lowest BCUT2D eigenvalue weighted by Gasteiger charge is -2.45. The minimum absolute atomic E-state index is 0.313. The van der Waals surface area contributed by atoms with Gasteiger partial charge in [0.15, 0.2) is 0 Å². The van der Waals surface area contributed by atoms with E-state index < -0.39 is 0 Å². The van der Waals surface area contributed by atoms with Gasteiger partial charge in [0.1, 0.15) is 0 Å². The van der Waals surface area contributed by atoms with Crippen molar-refractivity contribution in [3.63, 3.8) is 0 Å². The monoisotopic (exact) mass is 180 g/mol. The summed E-state index contributed by atoms with van der Waals surface area (Å²) in [6.07, 6.45) is 10.1. The Kier molecular flexibility index (Phi) is 2.46. The minimum Gasteiger partial charge on any atom is -0.396 e. The minimum atomic E-state index is 0.313. The van der Waals surface area contributed by atoms with Crippen molar-refractivity contribution in [2.45, 2.75) is 45.4 Å². The second kappa shape index (κ2) is 3.45. The van der Waals surface area contributed by atoms with E-state index in [1.54, 1.807) is 5.57 Å².